The summed E-state index contributed by atoms with van der Waals surface area (Å²) in [5.74, 6) is -1.46. The van der Waals surface area contributed by atoms with Gasteiger partial charge in [-0.1, -0.05) is 35.3 Å². The van der Waals surface area contributed by atoms with E-state index in [4.69, 9.17) is 23.2 Å². The first-order valence-electron chi connectivity index (χ1n) is 9.28. The summed E-state index contributed by atoms with van der Waals surface area (Å²) in [5.41, 5.74) is 0.550. The van der Waals surface area contributed by atoms with Gasteiger partial charge in [-0.15, -0.1) is 12.4 Å². The third-order valence-corrected chi connectivity index (χ3v) is 7.25. The molecule has 1 N–H and O–H groups in total. The van der Waals surface area contributed by atoms with Crippen molar-refractivity contribution < 1.29 is 18.3 Å². The molecule has 1 heterocycles. The molecule has 2 aromatic carbocycles. The van der Waals surface area contributed by atoms with Gasteiger partial charge in [0, 0.05) is 16.6 Å². The molecule has 168 valence electrons. The van der Waals surface area contributed by atoms with Gasteiger partial charge in [-0.05, 0) is 69.0 Å². The van der Waals surface area contributed by atoms with Crippen molar-refractivity contribution in [1.82, 2.24) is 9.80 Å². The van der Waals surface area contributed by atoms with E-state index >= 15 is 0 Å². The Labute approximate surface area is 198 Å². The number of aliphatic hydroxyl groups is 1. The highest BCUT2D eigenvalue weighted by Crippen LogP contribution is 2.42. The molecule has 1 unspecified atom stereocenters. The molecule has 1 atom stereocenters. The molecule has 31 heavy (non-hydrogen) atoms. The van der Waals surface area contributed by atoms with Crippen LogP contribution in [0.15, 0.2) is 64.1 Å². The van der Waals surface area contributed by atoms with Gasteiger partial charge in [-0.25, -0.2) is 8.42 Å². The van der Waals surface area contributed by atoms with Crippen molar-refractivity contribution in [2.75, 3.05) is 27.2 Å². The first-order valence-corrected chi connectivity index (χ1v) is 11.5. The van der Waals surface area contributed by atoms with E-state index in [0.717, 1.165) is 0 Å². The van der Waals surface area contributed by atoms with Crippen LogP contribution >= 0.6 is 35.6 Å². The zero-order valence-electron chi connectivity index (χ0n) is 17.0. The Kier molecular flexibility index (Phi) is 8.41. The molecule has 0 spiro atoms. The molecule has 0 bridgehead atoms. The van der Waals surface area contributed by atoms with Crippen LogP contribution in [-0.2, 0) is 14.6 Å². The van der Waals surface area contributed by atoms with Crippen molar-refractivity contribution in [2.45, 2.75) is 17.4 Å². The van der Waals surface area contributed by atoms with Crippen LogP contribution < -0.4 is 0 Å². The van der Waals surface area contributed by atoms with Crippen molar-refractivity contribution in [2.24, 2.45) is 0 Å². The third-order valence-electron chi connectivity index (χ3n) is 4.86. The summed E-state index contributed by atoms with van der Waals surface area (Å²) >= 11 is 11.9. The molecule has 1 aliphatic rings. The number of rotatable bonds is 7. The average molecular weight is 506 g/mol. The van der Waals surface area contributed by atoms with E-state index < -0.39 is 27.5 Å². The van der Waals surface area contributed by atoms with E-state index in [-0.39, 0.29) is 28.8 Å². The second-order valence-electron chi connectivity index (χ2n) is 7.28. The fraction of sp³-hybridized carbons (Fsp3) is 0.286. The van der Waals surface area contributed by atoms with Gasteiger partial charge < -0.3 is 14.9 Å². The molecular formula is C21H23Cl3N2O4S. The first kappa shape index (κ1) is 25.5. The van der Waals surface area contributed by atoms with Gasteiger partial charge in [0.1, 0.15) is 4.91 Å². The van der Waals surface area contributed by atoms with Crippen molar-refractivity contribution in [3.8, 4) is 0 Å². The van der Waals surface area contributed by atoms with Crippen LogP contribution in [0.1, 0.15) is 18.0 Å². The number of amides is 1. The molecule has 2 aromatic rings. The van der Waals surface area contributed by atoms with E-state index in [0.29, 0.717) is 28.6 Å². The summed E-state index contributed by atoms with van der Waals surface area (Å²) in [6, 6.07) is 11.3. The predicted molar refractivity (Wildman–Crippen MR) is 125 cm³/mol. The molecule has 0 saturated heterocycles. The second kappa shape index (κ2) is 10.2. The number of carbonyl (C=O) groups excluding carboxylic acids is 1. The molecule has 10 heteroatoms. The highest BCUT2D eigenvalue weighted by molar-refractivity contribution is 7.95. The Morgan fingerprint density at radius 2 is 1.52 bits per heavy atom. The molecule has 0 aromatic heterocycles. The lowest BCUT2D eigenvalue weighted by Gasteiger charge is -2.27. The van der Waals surface area contributed by atoms with Crippen molar-refractivity contribution in [3.05, 3.63) is 74.8 Å². The van der Waals surface area contributed by atoms with Crippen molar-refractivity contribution >= 4 is 51.4 Å². The molecule has 1 aliphatic heterocycles. The minimum absolute atomic E-state index is 0. The summed E-state index contributed by atoms with van der Waals surface area (Å²) in [4.78, 5) is 15.9. The number of hydrogen-bond donors (Lipinski definition) is 1. The minimum Gasteiger partial charge on any atom is -0.502 e. The van der Waals surface area contributed by atoms with Crippen molar-refractivity contribution in [1.29, 1.82) is 0 Å². The highest BCUT2D eigenvalue weighted by atomic mass is 35.5. The van der Waals surface area contributed by atoms with Crippen LogP contribution in [0.4, 0.5) is 0 Å². The fourth-order valence-corrected chi connectivity index (χ4v) is 5.31. The smallest absolute Gasteiger partial charge is 0.290 e. The zero-order valence-corrected chi connectivity index (χ0v) is 20.1. The molecule has 0 radical (unpaired) electrons. The minimum atomic E-state index is -4.15. The van der Waals surface area contributed by atoms with Crippen LogP contribution in [-0.4, -0.2) is 56.4 Å². The number of sulfone groups is 1. The number of benzene rings is 2. The predicted octanol–water partition coefficient (Wildman–Crippen LogP) is 4.49. The van der Waals surface area contributed by atoms with Gasteiger partial charge in [0.25, 0.3) is 5.91 Å². The topological polar surface area (TPSA) is 77.9 Å². The summed E-state index contributed by atoms with van der Waals surface area (Å²) < 4.78 is 26.8. The quantitative estimate of drug-likeness (QED) is 0.600. The Balaban J connectivity index is 0.00000341. The van der Waals surface area contributed by atoms with Crippen LogP contribution in [0.5, 0.6) is 0 Å². The maximum Gasteiger partial charge on any atom is 0.290 e. The highest BCUT2D eigenvalue weighted by Gasteiger charge is 2.46. The Morgan fingerprint density at radius 3 is 2.03 bits per heavy atom. The number of carbonyl (C=O) groups is 1. The van der Waals surface area contributed by atoms with E-state index in [2.05, 4.69) is 0 Å². The first-order chi connectivity index (χ1) is 14.1. The lowest BCUT2D eigenvalue weighted by Crippen LogP contribution is -2.33. The normalized spacial score (nSPS) is 16.7. The number of halogens is 3. The molecule has 0 fully saturated rings. The van der Waals surface area contributed by atoms with E-state index in [1.54, 1.807) is 24.3 Å². The Bertz CT molecular complexity index is 1070. The van der Waals surface area contributed by atoms with E-state index in [1.165, 1.54) is 29.2 Å². The van der Waals surface area contributed by atoms with Gasteiger partial charge >= 0.3 is 0 Å². The van der Waals surface area contributed by atoms with Crippen LogP contribution in [0.2, 0.25) is 10.0 Å². The maximum atomic E-state index is 13.4. The standard InChI is InChI=1S/C21H22Cl2N2O4S.ClH/c1-24(2)12-3-13-25-18(14-4-6-15(22)7-5-14)20(19(26)21(25)27)30(28,29)17-10-8-16(23)9-11-17;/h4-11,18,26H,3,12-13H2,1-2H3;1H. The molecular weight excluding hydrogens is 483 g/mol. The maximum absolute atomic E-state index is 13.4. The molecule has 3 rings (SSSR count). The number of hydrogen-bond acceptors (Lipinski definition) is 5. The molecule has 1 amide bonds. The van der Waals surface area contributed by atoms with Crippen LogP contribution in [0.3, 0.4) is 0 Å². The number of aliphatic hydroxyl groups excluding tert-OH is 1. The summed E-state index contributed by atoms with van der Waals surface area (Å²) in [7, 11) is -0.332. The average Bonchev–Trinajstić information content (AvgIpc) is 2.94. The monoisotopic (exact) mass is 504 g/mol. The van der Waals surface area contributed by atoms with E-state index in [9.17, 15) is 18.3 Å². The summed E-state index contributed by atoms with van der Waals surface area (Å²) in [6.45, 7) is 0.991. The zero-order chi connectivity index (χ0) is 22.1. The van der Waals surface area contributed by atoms with Crippen LogP contribution in [0.25, 0.3) is 0 Å². The fourth-order valence-electron chi connectivity index (χ4n) is 3.41. The third kappa shape index (κ3) is 5.35. The van der Waals surface area contributed by atoms with Gasteiger partial charge in [-0.3, -0.25) is 4.79 Å². The Hall–Kier alpha value is -1.77. The lowest BCUT2D eigenvalue weighted by molar-refractivity contribution is -0.129. The van der Waals surface area contributed by atoms with Gasteiger partial charge in [0.05, 0.1) is 10.9 Å². The van der Waals surface area contributed by atoms with Gasteiger partial charge in [0.2, 0.25) is 9.84 Å². The van der Waals surface area contributed by atoms with Gasteiger partial charge in [-0.2, -0.15) is 0 Å². The molecule has 6 nitrogen and oxygen atoms in total. The summed E-state index contributed by atoms with van der Waals surface area (Å²) in [6.07, 6.45) is 0.615. The SMILES string of the molecule is CN(C)CCCN1C(=O)C(O)=C(S(=O)(=O)c2ccc(Cl)cc2)C1c1ccc(Cl)cc1.Cl. The van der Waals surface area contributed by atoms with Crippen LogP contribution in [0, 0.1) is 0 Å². The van der Waals surface area contributed by atoms with E-state index in [1.807, 2.05) is 19.0 Å². The number of nitrogens with zero attached hydrogens (tertiary/aromatic N) is 2. The van der Waals surface area contributed by atoms with Gasteiger partial charge in [0.15, 0.2) is 5.76 Å². The largest absolute Gasteiger partial charge is 0.502 e. The molecule has 0 aliphatic carbocycles. The van der Waals surface area contributed by atoms with Crippen molar-refractivity contribution in [3.63, 3.8) is 0 Å². The Morgan fingerprint density at radius 1 is 1.00 bits per heavy atom. The summed E-state index contributed by atoms with van der Waals surface area (Å²) in [5, 5.41) is 11.5. The lowest BCUT2D eigenvalue weighted by atomic mass is 10.1. The second-order valence-corrected chi connectivity index (χ2v) is 10.1. The molecule has 0 saturated carbocycles.